The zero-order chi connectivity index (χ0) is 14.0. The lowest BCUT2D eigenvalue weighted by Gasteiger charge is -2.35. The second-order valence-corrected chi connectivity index (χ2v) is 6.62. The summed E-state index contributed by atoms with van der Waals surface area (Å²) in [7, 11) is 0. The molecule has 1 aromatic rings. The van der Waals surface area contributed by atoms with E-state index in [0.29, 0.717) is 6.54 Å². The van der Waals surface area contributed by atoms with Crippen molar-refractivity contribution in [3.05, 3.63) is 17.6 Å². The van der Waals surface area contributed by atoms with Crippen molar-refractivity contribution in [1.82, 2.24) is 9.97 Å². The average Bonchev–Trinajstić information content (AvgIpc) is 2.49. The summed E-state index contributed by atoms with van der Waals surface area (Å²) in [5.41, 5.74) is 1.91. The number of rotatable bonds is 3. The molecule has 0 spiro atoms. The van der Waals surface area contributed by atoms with Gasteiger partial charge in [0.15, 0.2) is 0 Å². The Balaban J connectivity index is 1.66. The lowest BCUT2D eigenvalue weighted by molar-refractivity contribution is 0.00493. The number of nitrogens with zero attached hydrogens (tertiary/aromatic N) is 2. The molecule has 1 fully saturated rings. The molecule has 0 aromatic carbocycles. The van der Waals surface area contributed by atoms with Gasteiger partial charge < -0.3 is 10.4 Å². The maximum Gasteiger partial charge on any atom is 0.132 e. The molecule has 1 aromatic heterocycles. The molecular formula is C16H25N3O. The van der Waals surface area contributed by atoms with Crippen molar-refractivity contribution in [2.24, 2.45) is 5.92 Å². The van der Waals surface area contributed by atoms with Gasteiger partial charge in [-0.25, -0.2) is 9.97 Å². The number of aromatic nitrogens is 2. The van der Waals surface area contributed by atoms with Crippen LogP contribution in [0.15, 0.2) is 6.33 Å². The van der Waals surface area contributed by atoms with E-state index < -0.39 is 5.60 Å². The van der Waals surface area contributed by atoms with Gasteiger partial charge in [-0.05, 0) is 57.3 Å². The molecule has 4 nitrogen and oxygen atoms in total. The number of anilines is 1. The molecule has 2 aliphatic rings. The van der Waals surface area contributed by atoms with Gasteiger partial charge in [0.2, 0.25) is 0 Å². The third kappa shape index (κ3) is 2.95. The van der Waals surface area contributed by atoms with Crippen LogP contribution in [0, 0.1) is 5.92 Å². The van der Waals surface area contributed by atoms with Gasteiger partial charge in [0.05, 0.1) is 5.60 Å². The van der Waals surface area contributed by atoms with Crippen LogP contribution in [0.5, 0.6) is 0 Å². The fraction of sp³-hybridized carbons (Fsp3) is 0.750. The minimum Gasteiger partial charge on any atom is -0.388 e. The van der Waals surface area contributed by atoms with E-state index in [4.69, 9.17) is 0 Å². The second-order valence-electron chi connectivity index (χ2n) is 6.62. The molecule has 20 heavy (non-hydrogen) atoms. The van der Waals surface area contributed by atoms with E-state index in [1.54, 1.807) is 6.33 Å². The van der Waals surface area contributed by atoms with Crippen molar-refractivity contribution in [2.75, 3.05) is 11.9 Å². The van der Waals surface area contributed by atoms with Gasteiger partial charge in [0.1, 0.15) is 12.1 Å². The summed E-state index contributed by atoms with van der Waals surface area (Å²) in [6.07, 6.45) is 10.3. The Bertz CT molecular complexity index is 467. The number of nitrogens with one attached hydrogen (secondary N) is 1. The molecule has 0 atom stereocenters. The fourth-order valence-corrected chi connectivity index (χ4v) is 3.40. The van der Waals surface area contributed by atoms with Crippen LogP contribution >= 0.6 is 0 Å². The fourth-order valence-electron chi connectivity index (χ4n) is 3.40. The SMILES string of the molecule is CC1CCC(O)(CNc2ncnc3c2CCCC3)CC1. The molecule has 0 unspecified atom stereocenters. The van der Waals surface area contributed by atoms with Crippen molar-refractivity contribution in [3.63, 3.8) is 0 Å². The molecule has 1 heterocycles. The standard InChI is InChI=1S/C16H25N3O/c1-12-6-8-16(20,9-7-12)10-17-15-13-4-2-3-5-14(13)18-11-19-15/h11-12,20H,2-10H2,1H3,(H,17,18,19). The van der Waals surface area contributed by atoms with Crippen LogP contribution in [0.4, 0.5) is 5.82 Å². The maximum absolute atomic E-state index is 10.6. The van der Waals surface area contributed by atoms with E-state index in [9.17, 15) is 5.11 Å². The highest BCUT2D eigenvalue weighted by Gasteiger charge is 2.32. The number of hydrogen-bond donors (Lipinski definition) is 2. The molecule has 2 aliphatic carbocycles. The van der Waals surface area contributed by atoms with Gasteiger partial charge in [-0.1, -0.05) is 6.92 Å². The van der Waals surface area contributed by atoms with Crippen LogP contribution in [0.3, 0.4) is 0 Å². The molecule has 0 aliphatic heterocycles. The Hall–Kier alpha value is -1.16. The Morgan fingerprint density at radius 3 is 2.80 bits per heavy atom. The van der Waals surface area contributed by atoms with Crippen molar-refractivity contribution >= 4 is 5.82 Å². The molecule has 4 heteroatoms. The van der Waals surface area contributed by atoms with Gasteiger partial charge in [-0.2, -0.15) is 0 Å². The van der Waals surface area contributed by atoms with E-state index in [1.807, 2.05) is 0 Å². The lowest BCUT2D eigenvalue weighted by Crippen LogP contribution is -2.40. The first-order valence-electron chi connectivity index (χ1n) is 7.95. The predicted octanol–water partition coefficient (Wildman–Crippen LogP) is 2.71. The number of aliphatic hydroxyl groups is 1. The van der Waals surface area contributed by atoms with Crippen LogP contribution in [0.1, 0.15) is 56.7 Å². The molecule has 0 saturated heterocycles. The third-order valence-electron chi connectivity index (χ3n) is 4.91. The second kappa shape index (κ2) is 5.68. The zero-order valence-corrected chi connectivity index (χ0v) is 12.4. The van der Waals surface area contributed by atoms with Crippen LogP contribution < -0.4 is 5.32 Å². The van der Waals surface area contributed by atoms with Crippen LogP contribution in [0.2, 0.25) is 0 Å². The van der Waals surface area contributed by atoms with Crippen molar-refractivity contribution in [2.45, 2.75) is 63.9 Å². The van der Waals surface area contributed by atoms with Crippen LogP contribution in [0.25, 0.3) is 0 Å². The summed E-state index contributed by atoms with van der Waals surface area (Å²) in [5, 5.41) is 14.0. The summed E-state index contributed by atoms with van der Waals surface area (Å²) in [6.45, 7) is 2.89. The third-order valence-corrected chi connectivity index (χ3v) is 4.91. The van der Waals surface area contributed by atoms with E-state index >= 15 is 0 Å². The smallest absolute Gasteiger partial charge is 0.132 e. The minimum atomic E-state index is -0.557. The van der Waals surface area contributed by atoms with E-state index in [2.05, 4.69) is 22.2 Å². The molecule has 110 valence electrons. The quantitative estimate of drug-likeness (QED) is 0.890. The number of hydrogen-bond acceptors (Lipinski definition) is 4. The highest BCUT2D eigenvalue weighted by Crippen LogP contribution is 2.32. The normalized spacial score (nSPS) is 29.8. The van der Waals surface area contributed by atoms with E-state index in [-0.39, 0.29) is 0 Å². The van der Waals surface area contributed by atoms with Crippen molar-refractivity contribution < 1.29 is 5.11 Å². The topological polar surface area (TPSA) is 58.0 Å². The first kappa shape index (κ1) is 13.8. The largest absolute Gasteiger partial charge is 0.388 e. The first-order valence-corrected chi connectivity index (χ1v) is 7.95. The monoisotopic (exact) mass is 275 g/mol. The summed E-state index contributed by atoms with van der Waals surface area (Å²) in [6, 6.07) is 0. The highest BCUT2D eigenvalue weighted by molar-refractivity contribution is 5.47. The van der Waals surface area contributed by atoms with Gasteiger partial charge in [0, 0.05) is 17.8 Å². The van der Waals surface area contributed by atoms with Gasteiger partial charge in [-0.3, -0.25) is 0 Å². The zero-order valence-electron chi connectivity index (χ0n) is 12.4. The van der Waals surface area contributed by atoms with Crippen LogP contribution in [-0.2, 0) is 12.8 Å². The van der Waals surface area contributed by atoms with Crippen molar-refractivity contribution in [1.29, 1.82) is 0 Å². The predicted molar refractivity (Wildman–Crippen MR) is 79.7 cm³/mol. The summed E-state index contributed by atoms with van der Waals surface area (Å²) in [4.78, 5) is 8.78. The van der Waals surface area contributed by atoms with E-state index in [1.165, 1.54) is 24.1 Å². The number of fused-ring (bicyclic) bond motifs is 1. The summed E-state index contributed by atoms with van der Waals surface area (Å²) >= 11 is 0. The van der Waals surface area contributed by atoms with Gasteiger partial charge >= 0.3 is 0 Å². The van der Waals surface area contributed by atoms with Gasteiger partial charge in [0.25, 0.3) is 0 Å². The molecular weight excluding hydrogens is 250 g/mol. The Labute approximate surface area is 121 Å². The molecule has 2 N–H and O–H groups in total. The lowest BCUT2D eigenvalue weighted by atomic mass is 9.79. The Morgan fingerprint density at radius 1 is 1.25 bits per heavy atom. The summed E-state index contributed by atoms with van der Waals surface area (Å²) in [5.74, 6) is 1.70. The average molecular weight is 275 g/mol. The Kier molecular flexibility index (Phi) is 3.92. The van der Waals surface area contributed by atoms with Gasteiger partial charge in [-0.15, -0.1) is 0 Å². The molecule has 0 bridgehead atoms. The van der Waals surface area contributed by atoms with Crippen LogP contribution in [-0.4, -0.2) is 27.2 Å². The first-order chi connectivity index (χ1) is 9.66. The van der Waals surface area contributed by atoms with Crippen molar-refractivity contribution in [3.8, 4) is 0 Å². The molecule has 0 amide bonds. The molecule has 0 radical (unpaired) electrons. The maximum atomic E-state index is 10.6. The number of aryl methyl sites for hydroxylation is 1. The van der Waals surface area contributed by atoms with E-state index in [0.717, 1.165) is 50.3 Å². The molecule has 1 saturated carbocycles. The minimum absolute atomic E-state index is 0.557. The Morgan fingerprint density at radius 2 is 2.00 bits per heavy atom. The molecule has 3 rings (SSSR count). The summed E-state index contributed by atoms with van der Waals surface area (Å²) < 4.78 is 0. The highest BCUT2D eigenvalue weighted by atomic mass is 16.3.